The number of amides is 1. The third kappa shape index (κ3) is 5.77. The number of carbonyl (C=O) groups excluding carboxylic acids is 1. The standard InChI is InChI=1S/C21H28N2O3/c1-5-26-20-8-6-7-17(13-20)14-22-21(24)15-23(3)16(2)18-9-11-19(25-4)12-10-18/h6-13,16H,5,14-15H2,1-4H3,(H,22,24). The molecule has 140 valence electrons. The molecule has 0 fully saturated rings. The number of methoxy groups -OCH3 is 1. The van der Waals surface area contributed by atoms with Crippen LogP contribution < -0.4 is 14.8 Å². The SMILES string of the molecule is CCOc1cccc(CNC(=O)CN(C)C(C)c2ccc(OC)cc2)c1. The minimum Gasteiger partial charge on any atom is -0.497 e. The molecule has 5 heteroatoms. The van der Waals surface area contributed by atoms with Crippen LogP contribution in [0.5, 0.6) is 11.5 Å². The summed E-state index contributed by atoms with van der Waals surface area (Å²) in [7, 11) is 3.60. The van der Waals surface area contributed by atoms with Crippen molar-refractivity contribution in [2.45, 2.75) is 26.4 Å². The van der Waals surface area contributed by atoms with Crippen LogP contribution >= 0.6 is 0 Å². The van der Waals surface area contributed by atoms with E-state index in [-0.39, 0.29) is 11.9 Å². The fourth-order valence-electron chi connectivity index (χ4n) is 2.67. The predicted molar refractivity (Wildman–Crippen MR) is 103 cm³/mol. The Morgan fingerprint density at radius 1 is 1.15 bits per heavy atom. The summed E-state index contributed by atoms with van der Waals surface area (Å²) >= 11 is 0. The summed E-state index contributed by atoms with van der Waals surface area (Å²) in [5.74, 6) is 1.65. The van der Waals surface area contributed by atoms with Crippen LogP contribution in [0.1, 0.15) is 31.0 Å². The highest BCUT2D eigenvalue weighted by atomic mass is 16.5. The van der Waals surface area contributed by atoms with E-state index in [4.69, 9.17) is 9.47 Å². The number of nitrogens with zero attached hydrogens (tertiary/aromatic N) is 1. The van der Waals surface area contributed by atoms with E-state index in [1.165, 1.54) is 0 Å². The van der Waals surface area contributed by atoms with Gasteiger partial charge in [-0.05, 0) is 56.3 Å². The molecule has 2 rings (SSSR count). The number of hydrogen-bond acceptors (Lipinski definition) is 4. The van der Waals surface area contributed by atoms with Crippen molar-refractivity contribution in [2.24, 2.45) is 0 Å². The zero-order chi connectivity index (χ0) is 18.9. The van der Waals surface area contributed by atoms with Crippen LogP contribution in [0.15, 0.2) is 48.5 Å². The van der Waals surface area contributed by atoms with Gasteiger partial charge in [0.05, 0.1) is 20.3 Å². The molecule has 26 heavy (non-hydrogen) atoms. The molecule has 1 atom stereocenters. The predicted octanol–water partition coefficient (Wildman–Crippen LogP) is 3.40. The van der Waals surface area contributed by atoms with Gasteiger partial charge in [0.25, 0.3) is 0 Å². The molecule has 2 aromatic rings. The van der Waals surface area contributed by atoms with Crippen LogP contribution in [0.2, 0.25) is 0 Å². The molecule has 0 bridgehead atoms. The molecule has 0 saturated carbocycles. The average Bonchev–Trinajstić information content (AvgIpc) is 2.66. The first kappa shape index (κ1) is 19.8. The molecule has 0 spiro atoms. The van der Waals surface area contributed by atoms with Crippen molar-refractivity contribution >= 4 is 5.91 Å². The molecule has 0 aliphatic carbocycles. The van der Waals surface area contributed by atoms with Gasteiger partial charge in [0, 0.05) is 12.6 Å². The lowest BCUT2D eigenvalue weighted by Gasteiger charge is -2.24. The quantitative estimate of drug-likeness (QED) is 0.748. The summed E-state index contributed by atoms with van der Waals surface area (Å²) in [5, 5.41) is 2.97. The van der Waals surface area contributed by atoms with Crippen molar-refractivity contribution in [2.75, 3.05) is 27.3 Å². The molecule has 5 nitrogen and oxygen atoms in total. The molecule has 0 heterocycles. The Kier molecular flexibility index (Phi) is 7.48. The minimum absolute atomic E-state index is 0.00493. The fourth-order valence-corrected chi connectivity index (χ4v) is 2.67. The van der Waals surface area contributed by atoms with E-state index >= 15 is 0 Å². The Balaban J connectivity index is 1.85. The maximum absolute atomic E-state index is 12.3. The summed E-state index contributed by atoms with van der Waals surface area (Å²) in [5.41, 5.74) is 2.17. The van der Waals surface area contributed by atoms with Gasteiger partial charge in [0.2, 0.25) is 5.91 Å². The lowest BCUT2D eigenvalue weighted by atomic mass is 10.1. The van der Waals surface area contributed by atoms with Gasteiger partial charge in [0.15, 0.2) is 0 Å². The molecule has 0 aliphatic rings. The van der Waals surface area contributed by atoms with Gasteiger partial charge in [0.1, 0.15) is 11.5 Å². The Morgan fingerprint density at radius 2 is 1.88 bits per heavy atom. The molecule has 1 amide bonds. The summed E-state index contributed by atoms with van der Waals surface area (Å²) in [6.45, 7) is 5.49. The third-order valence-electron chi connectivity index (χ3n) is 4.35. The van der Waals surface area contributed by atoms with E-state index in [1.54, 1.807) is 7.11 Å². The number of nitrogens with one attached hydrogen (secondary N) is 1. The largest absolute Gasteiger partial charge is 0.497 e. The molecular formula is C21H28N2O3. The maximum Gasteiger partial charge on any atom is 0.234 e. The third-order valence-corrected chi connectivity index (χ3v) is 4.35. The first-order valence-corrected chi connectivity index (χ1v) is 8.86. The van der Waals surface area contributed by atoms with Crippen molar-refractivity contribution in [3.05, 3.63) is 59.7 Å². The van der Waals surface area contributed by atoms with Crippen molar-refractivity contribution in [1.82, 2.24) is 10.2 Å². The minimum atomic E-state index is -0.00493. The van der Waals surface area contributed by atoms with Crippen molar-refractivity contribution in [1.29, 1.82) is 0 Å². The first-order valence-electron chi connectivity index (χ1n) is 8.86. The van der Waals surface area contributed by atoms with Crippen LogP contribution in [-0.4, -0.2) is 38.1 Å². The maximum atomic E-state index is 12.3. The lowest BCUT2D eigenvalue weighted by molar-refractivity contribution is -0.122. The highest BCUT2D eigenvalue weighted by Gasteiger charge is 2.15. The molecule has 1 unspecified atom stereocenters. The van der Waals surface area contributed by atoms with Crippen LogP contribution in [0, 0.1) is 0 Å². The smallest absolute Gasteiger partial charge is 0.234 e. The van der Waals surface area contributed by atoms with E-state index < -0.39 is 0 Å². The number of carbonyl (C=O) groups is 1. The zero-order valence-corrected chi connectivity index (χ0v) is 16.0. The zero-order valence-electron chi connectivity index (χ0n) is 16.0. The van der Waals surface area contributed by atoms with Crippen LogP contribution in [0.3, 0.4) is 0 Å². The first-order chi connectivity index (χ1) is 12.5. The molecule has 1 N–H and O–H groups in total. The Bertz CT molecular complexity index is 701. The van der Waals surface area contributed by atoms with E-state index in [2.05, 4.69) is 12.2 Å². The second kappa shape index (κ2) is 9.82. The van der Waals surface area contributed by atoms with Crippen LogP contribution in [-0.2, 0) is 11.3 Å². The highest BCUT2D eigenvalue weighted by molar-refractivity contribution is 5.78. The topological polar surface area (TPSA) is 50.8 Å². The van der Waals surface area contributed by atoms with Gasteiger partial charge in [-0.25, -0.2) is 0 Å². The monoisotopic (exact) mass is 356 g/mol. The van der Waals surface area contributed by atoms with E-state index in [1.807, 2.05) is 67.4 Å². The number of hydrogen-bond donors (Lipinski definition) is 1. The number of rotatable bonds is 9. The van der Waals surface area contributed by atoms with Crippen LogP contribution in [0.25, 0.3) is 0 Å². The van der Waals surface area contributed by atoms with Crippen molar-refractivity contribution in [3.63, 3.8) is 0 Å². The van der Waals surface area contributed by atoms with E-state index in [0.29, 0.717) is 19.7 Å². The average molecular weight is 356 g/mol. The highest BCUT2D eigenvalue weighted by Crippen LogP contribution is 2.21. The molecule has 0 saturated heterocycles. The normalized spacial score (nSPS) is 11.9. The van der Waals surface area contributed by atoms with Crippen molar-refractivity contribution in [3.8, 4) is 11.5 Å². The second-order valence-corrected chi connectivity index (χ2v) is 6.22. The number of ether oxygens (including phenoxy) is 2. The van der Waals surface area contributed by atoms with Gasteiger partial charge < -0.3 is 14.8 Å². The molecule has 2 aromatic carbocycles. The van der Waals surface area contributed by atoms with Gasteiger partial charge >= 0.3 is 0 Å². The fraction of sp³-hybridized carbons (Fsp3) is 0.381. The molecule has 0 radical (unpaired) electrons. The van der Waals surface area contributed by atoms with Gasteiger partial charge in [-0.3, -0.25) is 9.69 Å². The molecule has 0 aromatic heterocycles. The lowest BCUT2D eigenvalue weighted by Crippen LogP contribution is -2.36. The van der Waals surface area contributed by atoms with Crippen LogP contribution in [0.4, 0.5) is 0 Å². The van der Waals surface area contributed by atoms with E-state index in [9.17, 15) is 4.79 Å². The molecule has 0 aliphatic heterocycles. The van der Waals surface area contributed by atoms with E-state index in [0.717, 1.165) is 22.6 Å². The summed E-state index contributed by atoms with van der Waals surface area (Å²) in [6.07, 6.45) is 0. The van der Waals surface area contributed by atoms with Gasteiger partial charge in [-0.2, -0.15) is 0 Å². The summed E-state index contributed by atoms with van der Waals surface area (Å²) in [6, 6.07) is 15.8. The Labute approximate surface area is 155 Å². The summed E-state index contributed by atoms with van der Waals surface area (Å²) < 4.78 is 10.7. The Hall–Kier alpha value is -2.53. The Morgan fingerprint density at radius 3 is 2.54 bits per heavy atom. The van der Waals surface area contributed by atoms with Gasteiger partial charge in [-0.15, -0.1) is 0 Å². The van der Waals surface area contributed by atoms with Gasteiger partial charge in [-0.1, -0.05) is 24.3 Å². The summed E-state index contributed by atoms with van der Waals surface area (Å²) in [4.78, 5) is 14.3. The second-order valence-electron chi connectivity index (χ2n) is 6.22. The number of likely N-dealkylation sites (N-methyl/N-ethyl adjacent to an activating group) is 1. The molecular weight excluding hydrogens is 328 g/mol. The van der Waals surface area contributed by atoms with Crippen molar-refractivity contribution < 1.29 is 14.3 Å². The number of benzene rings is 2.